The van der Waals surface area contributed by atoms with Crippen molar-refractivity contribution < 1.29 is 19.2 Å². The van der Waals surface area contributed by atoms with E-state index in [0.717, 1.165) is 10.5 Å². The first-order valence-electron chi connectivity index (χ1n) is 5.91. The topological polar surface area (TPSA) is 78.7 Å². The monoisotopic (exact) mass is 305 g/mol. The molecule has 0 unspecified atom stereocenters. The normalized spacial score (nSPS) is 9.95. The van der Waals surface area contributed by atoms with E-state index >= 15 is 0 Å². The number of thiol groups is 1. The van der Waals surface area contributed by atoms with Crippen LogP contribution in [0, 0.1) is 10.1 Å². The number of hydrogen-bond acceptors (Lipinski definition) is 6. The number of nitro benzene ring substituents is 1. The smallest absolute Gasteiger partial charge is 0.429 e. The highest BCUT2D eigenvalue weighted by Crippen LogP contribution is 2.18. The Hall–Kier alpha value is -2.54. The van der Waals surface area contributed by atoms with Crippen molar-refractivity contribution in [1.29, 1.82) is 0 Å². The fourth-order valence-electron chi connectivity index (χ4n) is 1.50. The first-order valence-corrected chi connectivity index (χ1v) is 6.36. The molecule has 0 bridgehead atoms. The van der Waals surface area contributed by atoms with Crippen LogP contribution in [-0.4, -0.2) is 11.1 Å². The van der Waals surface area contributed by atoms with E-state index in [-0.39, 0.29) is 18.0 Å². The highest BCUT2D eigenvalue weighted by molar-refractivity contribution is 7.80. The first-order chi connectivity index (χ1) is 10.0. The van der Waals surface area contributed by atoms with Gasteiger partial charge in [-0.05, 0) is 29.8 Å². The Morgan fingerprint density at radius 1 is 1.10 bits per heavy atom. The molecule has 0 spiro atoms. The van der Waals surface area contributed by atoms with Crippen LogP contribution in [0.5, 0.6) is 5.75 Å². The van der Waals surface area contributed by atoms with Crippen LogP contribution in [0.1, 0.15) is 5.56 Å². The van der Waals surface area contributed by atoms with Gasteiger partial charge in [-0.15, -0.1) is 12.6 Å². The summed E-state index contributed by atoms with van der Waals surface area (Å²) in [4.78, 5) is 22.2. The van der Waals surface area contributed by atoms with Crippen molar-refractivity contribution in [2.75, 3.05) is 0 Å². The minimum absolute atomic E-state index is 0.0693. The van der Waals surface area contributed by atoms with Crippen molar-refractivity contribution in [2.24, 2.45) is 0 Å². The van der Waals surface area contributed by atoms with Gasteiger partial charge in [0.2, 0.25) is 0 Å². The van der Waals surface area contributed by atoms with Crippen LogP contribution in [0.15, 0.2) is 53.4 Å². The summed E-state index contributed by atoms with van der Waals surface area (Å²) in [6.07, 6.45) is -0.876. The maximum Gasteiger partial charge on any atom is 0.514 e. The number of non-ortho nitro benzene ring substituents is 1. The largest absolute Gasteiger partial charge is 0.514 e. The summed E-state index contributed by atoms with van der Waals surface area (Å²) in [5.41, 5.74) is 0.719. The van der Waals surface area contributed by atoms with Gasteiger partial charge in [-0.3, -0.25) is 10.1 Å². The van der Waals surface area contributed by atoms with Gasteiger partial charge in [0.25, 0.3) is 5.69 Å². The number of nitrogens with zero attached hydrogens (tertiary/aromatic N) is 1. The zero-order valence-electron chi connectivity index (χ0n) is 10.8. The fourth-order valence-corrected chi connectivity index (χ4v) is 1.65. The van der Waals surface area contributed by atoms with Gasteiger partial charge in [0.15, 0.2) is 0 Å². The van der Waals surface area contributed by atoms with Gasteiger partial charge in [0.1, 0.15) is 12.4 Å². The van der Waals surface area contributed by atoms with Crippen LogP contribution in [0.3, 0.4) is 0 Å². The van der Waals surface area contributed by atoms with E-state index in [2.05, 4.69) is 12.6 Å². The van der Waals surface area contributed by atoms with Crippen LogP contribution in [0.25, 0.3) is 0 Å². The Morgan fingerprint density at radius 3 is 2.29 bits per heavy atom. The number of nitro groups is 1. The number of hydrogen-bond donors (Lipinski definition) is 1. The lowest BCUT2D eigenvalue weighted by Crippen LogP contribution is -2.10. The van der Waals surface area contributed by atoms with Crippen molar-refractivity contribution in [3.05, 3.63) is 64.2 Å². The van der Waals surface area contributed by atoms with Crippen LogP contribution in [0.4, 0.5) is 10.5 Å². The molecule has 2 aromatic carbocycles. The van der Waals surface area contributed by atoms with Crippen LogP contribution < -0.4 is 4.74 Å². The molecule has 2 rings (SSSR count). The summed E-state index contributed by atoms with van der Waals surface area (Å²) in [6.45, 7) is 0.0693. The molecule has 0 aliphatic heterocycles. The number of benzene rings is 2. The van der Waals surface area contributed by atoms with Crippen LogP contribution in [-0.2, 0) is 11.3 Å². The van der Waals surface area contributed by atoms with Crippen molar-refractivity contribution in [3.8, 4) is 5.75 Å². The number of carbonyl (C=O) groups is 1. The Kier molecular flexibility index (Phi) is 4.78. The van der Waals surface area contributed by atoms with Gasteiger partial charge in [0.05, 0.1) is 4.92 Å². The molecule has 0 radical (unpaired) electrons. The van der Waals surface area contributed by atoms with Gasteiger partial charge in [-0.25, -0.2) is 4.79 Å². The summed E-state index contributed by atoms with van der Waals surface area (Å²) in [7, 11) is 0. The molecule has 0 aliphatic rings. The molecule has 0 aliphatic carbocycles. The van der Waals surface area contributed by atoms with Crippen molar-refractivity contribution in [2.45, 2.75) is 11.5 Å². The molecule has 2 aromatic rings. The molecule has 0 saturated heterocycles. The second-order valence-electron chi connectivity index (χ2n) is 4.06. The third-order valence-electron chi connectivity index (χ3n) is 2.54. The lowest BCUT2D eigenvalue weighted by molar-refractivity contribution is -0.384. The third-order valence-corrected chi connectivity index (χ3v) is 2.84. The van der Waals surface area contributed by atoms with E-state index in [0.29, 0.717) is 0 Å². The quantitative estimate of drug-likeness (QED) is 0.307. The van der Waals surface area contributed by atoms with Crippen molar-refractivity contribution in [1.82, 2.24) is 0 Å². The van der Waals surface area contributed by atoms with Crippen molar-refractivity contribution >= 4 is 24.5 Å². The number of carbonyl (C=O) groups excluding carboxylic acids is 1. The molecule has 108 valence electrons. The molecule has 0 saturated carbocycles. The van der Waals surface area contributed by atoms with E-state index in [1.807, 2.05) is 0 Å². The van der Waals surface area contributed by atoms with Crippen LogP contribution in [0.2, 0.25) is 0 Å². The van der Waals surface area contributed by atoms with E-state index in [4.69, 9.17) is 9.47 Å². The standard InChI is InChI=1S/C14H11NO5S/c16-14(19-9-10-1-7-13(21)8-2-10)20-12-5-3-11(4-6-12)15(17)18/h1-8,21H,9H2. The molecular weight excluding hydrogens is 294 g/mol. The number of ether oxygens (including phenoxy) is 2. The number of rotatable bonds is 4. The average molecular weight is 305 g/mol. The highest BCUT2D eigenvalue weighted by atomic mass is 32.1. The summed E-state index contributed by atoms with van der Waals surface area (Å²) in [6, 6.07) is 12.3. The third kappa shape index (κ3) is 4.50. The van der Waals surface area contributed by atoms with Gasteiger partial charge < -0.3 is 9.47 Å². The van der Waals surface area contributed by atoms with E-state index in [1.165, 1.54) is 24.3 Å². The zero-order chi connectivity index (χ0) is 15.2. The first kappa shape index (κ1) is 14.9. The minimum atomic E-state index is -0.876. The molecule has 0 fully saturated rings. The predicted molar refractivity (Wildman–Crippen MR) is 77.6 cm³/mol. The van der Waals surface area contributed by atoms with Gasteiger partial charge in [-0.2, -0.15) is 0 Å². The predicted octanol–water partition coefficient (Wildman–Crippen LogP) is 3.60. The molecule has 0 amide bonds. The Morgan fingerprint density at radius 2 is 1.71 bits per heavy atom. The summed E-state index contributed by atoms with van der Waals surface area (Å²) in [5.74, 6) is 0.177. The molecule has 0 N–H and O–H groups in total. The van der Waals surface area contributed by atoms with Gasteiger partial charge >= 0.3 is 6.16 Å². The van der Waals surface area contributed by atoms with E-state index < -0.39 is 11.1 Å². The molecular formula is C14H11NO5S. The van der Waals surface area contributed by atoms with Crippen LogP contribution >= 0.6 is 12.6 Å². The lowest BCUT2D eigenvalue weighted by Gasteiger charge is -2.06. The SMILES string of the molecule is O=C(OCc1ccc(S)cc1)Oc1ccc([N+](=O)[O-])cc1. The highest BCUT2D eigenvalue weighted by Gasteiger charge is 2.09. The summed E-state index contributed by atoms with van der Waals surface area (Å²) in [5, 5.41) is 10.5. The lowest BCUT2D eigenvalue weighted by atomic mass is 10.2. The molecule has 0 atom stereocenters. The molecule has 6 nitrogen and oxygen atoms in total. The average Bonchev–Trinajstić information content (AvgIpc) is 2.47. The molecule has 0 heterocycles. The molecule has 0 aromatic heterocycles. The summed E-state index contributed by atoms with van der Waals surface area (Å²) < 4.78 is 9.83. The Labute approximate surface area is 125 Å². The van der Waals surface area contributed by atoms with E-state index in [9.17, 15) is 14.9 Å². The van der Waals surface area contributed by atoms with Gasteiger partial charge in [0, 0.05) is 17.0 Å². The zero-order valence-corrected chi connectivity index (χ0v) is 11.7. The van der Waals surface area contributed by atoms with Gasteiger partial charge in [-0.1, -0.05) is 12.1 Å². The second-order valence-corrected chi connectivity index (χ2v) is 4.57. The summed E-state index contributed by atoms with van der Waals surface area (Å²) >= 11 is 4.15. The molecule has 7 heteroatoms. The Balaban J connectivity index is 1.86. The fraction of sp³-hybridized carbons (Fsp3) is 0.0714. The van der Waals surface area contributed by atoms with E-state index in [1.54, 1.807) is 24.3 Å². The molecule has 21 heavy (non-hydrogen) atoms. The second kappa shape index (κ2) is 6.76. The maximum atomic E-state index is 11.5. The Bertz CT molecular complexity index is 639. The van der Waals surface area contributed by atoms with Crippen molar-refractivity contribution in [3.63, 3.8) is 0 Å². The minimum Gasteiger partial charge on any atom is -0.429 e. The maximum absolute atomic E-state index is 11.5.